The van der Waals surface area contributed by atoms with E-state index in [1.54, 1.807) is 24.7 Å². The van der Waals surface area contributed by atoms with Crippen LogP contribution in [0.2, 0.25) is 0 Å². The number of carboxylic acids is 1. The third kappa shape index (κ3) is 6.96. The van der Waals surface area contributed by atoms with Crippen LogP contribution in [-0.4, -0.2) is 69.4 Å². The lowest BCUT2D eigenvalue weighted by atomic mass is 9.89. The Hall–Kier alpha value is -3.05. The van der Waals surface area contributed by atoms with Crippen LogP contribution in [-0.2, 0) is 20.9 Å². The summed E-state index contributed by atoms with van der Waals surface area (Å²) in [6.07, 6.45) is 2.91. The van der Waals surface area contributed by atoms with E-state index in [1.807, 2.05) is 29.2 Å². The Morgan fingerprint density at radius 2 is 1.94 bits per heavy atom. The van der Waals surface area contributed by atoms with E-state index < -0.39 is 12.1 Å². The summed E-state index contributed by atoms with van der Waals surface area (Å²) in [6, 6.07) is 9.34. The highest BCUT2D eigenvalue weighted by molar-refractivity contribution is 5.92. The minimum absolute atomic E-state index is 0.0190. The fourth-order valence-corrected chi connectivity index (χ4v) is 3.81. The van der Waals surface area contributed by atoms with Crippen LogP contribution in [0, 0.1) is 0 Å². The van der Waals surface area contributed by atoms with Crippen LogP contribution in [0.25, 0.3) is 0 Å². The van der Waals surface area contributed by atoms with Gasteiger partial charge in [0.2, 0.25) is 0 Å². The number of ether oxygens (including phenoxy) is 2. The monoisotopic (exact) mass is 467 g/mol. The first-order valence-corrected chi connectivity index (χ1v) is 10.3. The minimum Gasteiger partial charge on any atom is -0.475 e. The molecule has 1 amide bonds. The fourth-order valence-electron chi connectivity index (χ4n) is 3.81. The van der Waals surface area contributed by atoms with Crippen LogP contribution >= 0.6 is 0 Å². The fraction of sp³-hybridized carbons (Fsp3) is 0.455. The van der Waals surface area contributed by atoms with Gasteiger partial charge in [-0.3, -0.25) is 14.8 Å². The van der Waals surface area contributed by atoms with E-state index in [-0.39, 0.29) is 17.6 Å². The number of carboxylic acid groups (broad SMARTS) is 1. The number of halogens is 3. The van der Waals surface area contributed by atoms with E-state index in [0.29, 0.717) is 25.5 Å². The van der Waals surface area contributed by atoms with Gasteiger partial charge in [0.15, 0.2) is 0 Å². The number of pyridine rings is 2. The predicted molar refractivity (Wildman–Crippen MR) is 109 cm³/mol. The second-order valence-electron chi connectivity index (χ2n) is 7.83. The van der Waals surface area contributed by atoms with E-state index >= 15 is 0 Å². The Morgan fingerprint density at radius 1 is 1.21 bits per heavy atom. The standard InChI is InChI=1S/C20H23N3O3.C2HF3O2/c24-19(18-4-1-2-8-22-18)23-11-3-7-20(15-23)12-17(14-26-20)25-13-16-5-9-21-10-6-16;3-2(4,5)1(6)7/h1-2,4-6,8-10,17H,3,7,11-15H2;(H,6,7)/t17-,20+;/m1./s1. The first-order chi connectivity index (χ1) is 15.7. The molecule has 2 aromatic heterocycles. The maximum absolute atomic E-state index is 12.7. The number of amides is 1. The number of piperidine rings is 1. The molecule has 8 nitrogen and oxygen atoms in total. The number of aromatic nitrogens is 2. The number of nitrogens with zero attached hydrogens (tertiary/aromatic N) is 3. The second kappa shape index (κ2) is 10.7. The number of rotatable bonds is 4. The molecule has 4 heterocycles. The molecule has 2 fully saturated rings. The van der Waals surface area contributed by atoms with Gasteiger partial charge in [0, 0.05) is 31.6 Å². The Balaban J connectivity index is 0.000000383. The van der Waals surface area contributed by atoms with Crippen LogP contribution < -0.4 is 0 Å². The second-order valence-corrected chi connectivity index (χ2v) is 7.83. The van der Waals surface area contributed by atoms with Crippen molar-refractivity contribution >= 4 is 11.9 Å². The van der Waals surface area contributed by atoms with E-state index in [2.05, 4.69) is 9.97 Å². The molecule has 4 rings (SSSR count). The molecule has 33 heavy (non-hydrogen) atoms. The molecule has 0 bridgehead atoms. The molecular weight excluding hydrogens is 443 g/mol. The molecule has 2 atom stereocenters. The van der Waals surface area contributed by atoms with Crippen LogP contribution in [0.3, 0.4) is 0 Å². The maximum Gasteiger partial charge on any atom is 0.490 e. The lowest BCUT2D eigenvalue weighted by Crippen LogP contribution is -2.50. The summed E-state index contributed by atoms with van der Waals surface area (Å²) in [4.78, 5) is 31.7. The third-order valence-corrected chi connectivity index (χ3v) is 5.36. The molecule has 0 aliphatic carbocycles. The minimum atomic E-state index is -5.08. The topological polar surface area (TPSA) is 102 Å². The van der Waals surface area contributed by atoms with Gasteiger partial charge in [-0.2, -0.15) is 13.2 Å². The summed E-state index contributed by atoms with van der Waals surface area (Å²) in [6.45, 7) is 2.50. The Bertz CT molecular complexity index is 930. The maximum atomic E-state index is 12.7. The highest BCUT2D eigenvalue weighted by Gasteiger charge is 2.45. The zero-order chi connectivity index (χ0) is 23.9. The molecule has 0 aromatic carbocycles. The molecule has 1 spiro atoms. The van der Waals surface area contributed by atoms with Crippen molar-refractivity contribution in [3.8, 4) is 0 Å². The number of aliphatic carboxylic acids is 1. The van der Waals surface area contributed by atoms with E-state index in [4.69, 9.17) is 19.4 Å². The summed E-state index contributed by atoms with van der Waals surface area (Å²) in [7, 11) is 0. The summed E-state index contributed by atoms with van der Waals surface area (Å²) >= 11 is 0. The number of carbonyl (C=O) groups is 2. The van der Waals surface area contributed by atoms with E-state index in [9.17, 15) is 18.0 Å². The highest BCUT2D eigenvalue weighted by atomic mass is 19.4. The molecule has 2 saturated heterocycles. The van der Waals surface area contributed by atoms with Gasteiger partial charge in [-0.25, -0.2) is 4.79 Å². The van der Waals surface area contributed by atoms with Crippen LogP contribution in [0.1, 0.15) is 35.3 Å². The van der Waals surface area contributed by atoms with Gasteiger partial charge in [0.05, 0.1) is 31.5 Å². The van der Waals surface area contributed by atoms with Crippen LogP contribution in [0.5, 0.6) is 0 Å². The average Bonchev–Trinajstić information content (AvgIpc) is 3.20. The molecule has 11 heteroatoms. The van der Waals surface area contributed by atoms with Gasteiger partial charge >= 0.3 is 12.1 Å². The van der Waals surface area contributed by atoms with Gasteiger partial charge in [-0.1, -0.05) is 6.07 Å². The molecule has 0 unspecified atom stereocenters. The highest BCUT2D eigenvalue weighted by Crippen LogP contribution is 2.36. The predicted octanol–water partition coefficient (Wildman–Crippen LogP) is 3.09. The molecular formula is C22H24F3N3O5. The van der Waals surface area contributed by atoms with E-state index in [1.165, 1.54) is 0 Å². The van der Waals surface area contributed by atoms with Crippen molar-refractivity contribution in [1.82, 2.24) is 14.9 Å². The van der Waals surface area contributed by atoms with Gasteiger partial charge < -0.3 is 19.5 Å². The van der Waals surface area contributed by atoms with Crippen molar-refractivity contribution in [2.45, 2.75) is 43.8 Å². The van der Waals surface area contributed by atoms with E-state index in [0.717, 1.165) is 31.4 Å². The Labute approximate surface area is 188 Å². The molecule has 2 aliphatic rings. The summed E-state index contributed by atoms with van der Waals surface area (Å²) < 4.78 is 43.9. The summed E-state index contributed by atoms with van der Waals surface area (Å²) in [5.74, 6) is -2.78. The van der Waals surface area contributed by atoms with Crippen molar-refractivity contribution in [1.29, 1.82) is 0 Å². The Kier molecular flexibility index (Phi) is 7.98. The molecule has 178 valence electrons. The molecule has 2 aliphatic heterocycles. The van der Waals surface area contributed by atoms with Gasteiger partial charge in [-0.05, 0) is 42.7 Å². The first-order valence-electron chi connectivity index (χ1n) is 10.3. The van der Waals surface area contributed by atoms with Gasteiger partial charge in [0.25, 0.3) is 5.91 Å². The smallest absolute Gasteiger partial charge is 0.475 e. The van der Waals surface area contributed by atoms with Crippen molar-refractivity contribution in [3.05, 3.63) is 60.2 Å². The number of carbonyl (C=O) groups excluding carboxylic acids is 1. The summed E-state index contributed by atoms with van der Waals surface area (Å²) in [5, 5.41) is 7.12. The third-order valence-electron chi connectivity index (χ3n) is 5.36. The van der Waals surface area contributed by atoms with Crippen LogP contribution in [0.15, 0.2) is 48.9 Å². The number of hydrogen-bond acceptors (Lipinski definition) is 6. The van der Waals surface area contributed by atoms with Crippen molar-refractivity contribution in [2.75, 3.05) is 19.7 Å². The number of hydrogen-bond donors (Lipinski definition) is 1. The quantitative estimate of drug-likeness (QED) is 0.737. The lowest BCUT2D eigenvalue weighted by Gasteiger charge is -2.39. The van der Waals surface area contributed by atoms with Crippen molar-refractivity contribution < 1.29 is 37.3 Å². The number of likely N-dealkylation sites (tertiary alicyclic amines) is 1. The largest absolute Gasteiger partial charge is 0.490 e. The van der Waals surface area contributed by atoms with Gasteiger partial charge in [0.1, 0.15) is 5.69 Å². The zero-order valence-corrected chi connectivity index (χ0v) is 17.7. The first kappa shape index (κ1) is 24.6. The normalized spacial score (nSPS) is 22.5. The summed E-state index contributed by atoms with van der Waals surface area (Å²) in [5.41, 5.74) is 1.32. The molecule has 0 saturated carbocycles. The van der Waals surface area contributed by atoms with Gasteiger partial charge in [-0.15, -0.1) is 0 Å². The molecule has 1 N–H and O–H groups in total. The Morgan fingerprint density at radius 3 is 2.58 bits per heavy atom. The van der Waals surface area contributed by atoms with Crippen molar-refractivity contribution in [2.24, 2.45) is 0 Å². The molecule has 0 radical (unpaired) electrons. The molecule has 2 aromatic rings. The average molecular weight is 467 g/mol. The number of alkyl halides is 3. The lowest BCUT2D eigenvalue weighted by molar-refractivity contribution is -0.192. The van der Waals surface area contributed by atoms with Crippen LogP contribution in [0.4, 0.5) is 13.2 Å². The van der Waals surface area contributed by atoms with Crippen molar-refractivity contribution in [3.63, 3.8) is 0 Å². The SMILES string of the molecule is O=C(O)C(F)(F)F.O=C(c1ccccn1)N1CCC[C@]2(C[C@@H](OCc3ccncc3)CO2)C1. The zero-order valence-electron chi connectivity index (χ0n) is 17.7.